The number of carbonyl (C=O) groups is 1. The van der Waals surface area contributed by atoms with Gasteiger partial charge in [-0.05, 0) is 42.2 Å². The topological polar surface area (TPSA) is 26.3 Å². The fourth-order valence-electron chi connectivity index (χ4n) is 3.08. The third kappa shape index (κ3) is 5.90. The number of esters is 1. The lowest BCUT2D eigenvalue weighted by atomic mass is 10.1. The van der Waals surface area contributed by atoms with Crippen molar-refractivity contribution in [3.63, 3.8) is 0 Å². The summed E-state index contributed by atoms with van der Waals surface area (Å²) in [4.78, 5) is 12.4. The second-order valence-electron chi connectivity index (χ2n) is 6.55. The molecule has 0 saturated carbocycles. The van der Waals surface area contributed by atoms with Gasteiger partial charge in [0, 0.05) is 0 Å². The molecule has 3 rings (SSSR count). The highest BCUT2D eigenvalue weighted by Gasteiger charge is 2.15. The highest BCUT2D eigenvalue weighted by atomic mass is 31.1. The predicted molar refractivity (Wildman–Crippen MR) is 119 cm³/mol. The van der Waals surface area contributed by atoms with Crippen LogP contribution in [0, 0.1) is 0 Å². The SMILES string of the molecule is C=CCc1cccc(COC(=O)CCP(c2ccccc2)c2ccccc2)c1. The van der Waals surface area contributed by atoms with Crippen LogP contribution in [-0.2, 0) is 22.6 Å². The summed E-state index contributed by atoms with van der Waals surface area (Å²) in [5.74, 6) is -0.145. The van der Waals surface area contributed by atoms with Crippen molar-refractivity contribution in [2.45, 2.75) is 19.4 Å². The van der Waals surface area contributed by atoms with E-state index < -0.39 is 7.92 Å². The maximum absolute atomic E-state index is 12.4. The van der Waals surface area contributed by atoms with Gasteiger partial charge in [-0.2, -0.15) is 0 Å². The molecule has 142 valence electrons. The summed E-state index contributed by atoms with van der Waals surface area (Å²) in [6, 6.07) is 29.0. The summed E-state index contributed by atoms with van der Waals surface area (Å²) in [6.07, 6.45) is 3.90. The second-order valence-corrected chi connectivity index (χ2v) is 8.88. The molecule has 0 N–H and O–H groups in total. The summed E-state index contributed by atoms with van der Waals surface area (Å²) in [6.45, 7) is 4.08. The lowest BCUT2D eigenvalue weighted by Crippen LogP contribution is -2.16. The minimum atomic E-state index is -0.570. The average Bonchev–Trinajstić information content (AvgIpc) is 2.74. The third-order valence-electron chi connectivity index (χ3n) is 4.45. The number of benzene rings is 3. The fraction of sp³-hybridized carbons (Fsp3) is 0.160. The van der Waals surface area contributed by atoms with Crippen LogP contribution in [0.25, 0.3) is 0 Å². The Balaban J connectivity index is 1.59. The number of carbonyl (C=O) groups excluding carboxylic acids is 1. The van der Waals surface area contributed by atoms with E-state index in [1.54, 1.807) is 0 Å². The molecule has 3 aromatic rings. The Morgan fingerprint density at radius 1 is 0.857 bits per heavy atom. The van der Waals surface area contributed by atoms with Crippen LogP contribution in [0.15, 0.2) is 97.6 Å². The van der Waals surface area contributed by atoms with Gasteiger partial charge in [-0.1, -0.05) is 91.0 Å². The molecule has 2 nitrogen and oxygen atoms in total. The van der Waals surface area contributed by atoms with Crippen LogP contribution in [0.4, 0.5) is 0 Å². The summed E-state index contributed by atoms with van der Waals surface area (Å²) >= 11 is 0. The molecule has 0 unspecified atom stereocenters. The highest BCUT2D eigenvalue weighted by Crippen LogP contribution is 2.34. The molecule has 0 atom stereocenters. The standard InChI is InChI=1S/C25H25O2P/c1-2-10-21-11-9-12-22(19-21)20-27-25(26)17-18-28(23-13-5-3-6-14-23)24-15-7-4-8-16-24/h2-9,11-16,19H,1,10,17-18,20H2. The molecule has 0 aliphatic rings. The molecular weight excluding hydrogens is 363 g/mol. The van der Waals surface area contributed by atoms with Gasteiger partial charge in [0.15, 0.2) is 0 Å². The molecular formula is C25H25O2P. The average molecular weight is 388 g/mol. The Labute approximate surface area is 168 Å². The van der Waals surface area contributed by atoms with E-state index in [1.807, 2.05) is 30.3 Å². The van der Waals surface area contributed by atoms with Gasteiger partial charge in [-0.3, -0.25) is 4.79 Å². The van der Waals surface area contributed by atoms with Gasteiger partial charge in [0.05, 0.1) is 6.42 Å². The van der Waals surface area contributed by atoms with Crippen molar-refractivity contribution < 1.29 is 9.53 Å². The first-order valence-electron chi connectivity index (χ1n) is 9.48. The van der Waals surface area contributed by atoms with Gasteiger partial charge >= 0.3 is 5.97 Å². The van der Waals surface area contributed by atoms with Gasteiger partial charge in [-0.15, -0.1) is 6.58 Å². The molecule has 0 amide bonds. The Morgan fingerprint density at radius 2 is 1.46 bits per heavy atom. The van der Waals surface area contributed by atoms with E-state index in [1.165, 1.54) is 16.2 Å². The van der Waals surface area contributed by atoms with Gasteiger partial charge in [-0.25, -0.2) is 0 Å². The van der Waals surface area contributed by atoms with Crippen molar-refractivity contribution >= 4 is 24.5 Å². The number of allylic oxidation sites excluding steroid dienone is 1. The van der Waals surface area contributed by atoms with E-state index in [2.05, 4.69) is 67.2 Å². The van der Waals surface area contributed by atoms with Crippen LogP contribution >= 0.6 is 7.92 Å². The second kappa shape index (κ2) is 10.6. The first-order valence-corrected chi connectivity index (χ1v) is 11.0. The Morgan fingerprint density at radius 3 is 2.07 bits per heavy atom. The Bertz CT molecular complexity index is 851. The molecule has 0 saturated heterocycles. The minimum Gasteiger partial charge on any atom is -0.461 e. The van der Waals surface area contributed by atoms with Crippen LogP contribution in [0.3, 0.4) is 0 Å². The van der Waals surface area contributed by atoms with Crippen molar-refractivity contribution in [3.8, 4) is 0 Å². The minimum absolute atomic E-state index is 0.145. The van der Waals surface area contributed by atoms with Gasteiger partial charge in [0.2, 0.25) is 0 Å². The Hall–Kier alpha value is -2.70. The lowest BCUT2D eigenvalue weighted by molar-refractivity contribution is -0.144. The molecule has 0 spiro atoms. The van der Waals surface area contributed by atoms with Gasteiger partial charge in [0.1, 0.15) is 6.61 Å². The van der Waals surface area contributed by atoms with Crippen molar-refractivity contribution in [2.75, 3.05) is 6.16 Å². The normalized spacial score (nSPS) is 10.6. The quantitative estimate of drug-likeness (QED) is 0.294. The number of hydrogen-bond donors (Lipinski definition) is 0. The zero-order valence-electron chi connectivity index (χ0n) is 16.0. The molecule has 3 aromatic carbocycles. The number of hydrogen-bond acceptors (Lipinski definition) is 2. The lowest BCUT2D eigenvalue weighted by Gasteiger charge is -2.18. The molecule has 0 bridgehead atoms. The molecule has 3 heteroatoms. The first-order chi connectivity index (χ1) is 13.8. The van der Waals surface area contributed by atoms with Gasteiger partial charge < -0.3 is 4.74 Å². The third-order valence-corrected chi connectivity index (χ3v) is 6.96. The van der Waals surface area contributed by atoms with E-state index in [0.29, 0.717) is 13.0 Å². The van der Waals surface area contributed by atoms with Crippen LogP contribution in [0.1, 0.15) is 17.5 Å². The maximum Gasteiger partial charge on any atom is 0.306 e. The first kappa shape index (κ1) is 20.0. The molecule has 28 heavy (non-hydrogen) atoms. The van der Waals surface area contributed by atoms with Crippen molar-refractivity contribution in [3.05, 3.63) is 109 Å². The molecule has 0 fully saturated rings. The van der Waals surface area contributed by atoms with Crippen molar-refractivity contribution in [2.24, 2.45) is 0 Å². The smallest absolute Gasteiger partial charge is 0.306 e. The van der Waals surface area contributed by atoms with Crippen LogP contribution in [-0.4, -0.2) is 12.1 Å². The maximum atomic E-state index is 12.4. The van der Waals surface area contributed by atoms with E-state index in [-0.39, 0.29) is 5.97 Å². The van der Waals surface area contributed by atoms with E-state index in [9.17, 15) is 4.79 Å². The number of rotatable bonds is 9. The van der Waals surface area contributed by atoms with Crippen molar-refractivity contribution in [1.82, 2.24) is 0 Å². The largest absolute Gasteiger partial charge is 0.461 e. The summed E-state index contributed by atoms with van der Waals surface area (Å²) < 4.78 is 5.53. The van der Waals surface area contributed by atoms with E-state index in [0.717, 1.165) is 18.1 Å². The zero-order chi connectivity index (χ0) is 19.6. The van der Waals surface area contributed by atoms with E-state index in [4.69, 9.17) is 4.74 Å². The monoisotopic (exact) mass is 388 g/mol. The van der Waals surface area contributed by atoms with Crippen LogP contribution < -0.4 is 10.6 Å². The molecule has 0 aromatic heterocycles. The number of ether oxygens (including phenoxy) is 1. The Kier molecular flexibility index (Phi) is 7.58. The summed E-state index contributed by atoms with van der Waals surface area (Å²) in [7, 11) is -0.570. The van der Waals surface area contributed by atoms with Crippen LogP contribution in [0.5, 0.6) is 0 Å². The molecule has 0 radical (unpaired) electrons. The predicted octanol–water partition coefficient (Wildman–Crippen LogP) is 4.98. The van der Waals surface area contributed by atoms with Crippen LogP contribution in [0.2, 0.25) is 0 Å². The van der Waals surface area contributed by atoms with E-state index >= 15 is 0 Å². The zero-order valence-corrected chi connectivity index (χ0v) is 16.9. The molecule has 0 aliphatic carbocycles. The highest BCUT2D eigenvalue weighted by molar-refractivity contribution is 7.73. The van der Waals surface area contributed by atoms with Crippen molar-refractivity contribution in [1.29, 1.82) is 0 Å². The molecule has 0 aliphatic heterocycles. The molecule has 0 heterocycles. The summed E-state index contributed by atoms with van der Waals surface area (Å²) in [5, 5.41) is 2.57. The summed E-state index contributed by atoms with van der Waals surface area (Å²) in [5.41, 5.74) is 2.20. The fourth-order valence-corrected chi connectivity index (χ4v) is 5.36. The van der Waals surface area contributed by atoms with Gasteiger partial charge in [0.25, 0.3) is 0 Å².